The molecule has 4 aromatic rings. The van der Waals surface area contributed by atoms with E-state index in [1.165, 1.54) is 25.4 Å². The molecule has 0 amide bonds. The first-order valence-electron chi connectivity index (χ1n) is 9.47. The second-order valence-electron chi connectivity index (χ2n) is 6.83. The molecule has 0 aliphatic rings. The highest BCUT2D eigenvalue weighted by Gasteiger charge is 2.20. The third-order valence-corrected chi connectivity index (χ3v) is 4.79. The van der Waals surface area contributed by atoms with Gasteiger partial charge in [-0.2, -0.15) is 4.68 Å². The van der Waals surface area contributed by atoms with Crippen molar-refractivity contribution in [3.8, 4) is 22.8 Å². The lowest BCUT2D eigenvalue weighted by Crippen LogP contribution is -2.09. The normalized spacial score (nSPS) is 11.1. The Balaban J connectivity index is 1.67. The number of benzene rings is 1. The first kappa shape index (κ1) is 20.4. The molecule has 3 heterocycles. The van der Waals surface area contributed by atoms with Crippen molar-refractivity contribution < 1.29 is 22.4 Å². The van der Waals surface area contributed by atoms with E-state index < -0.39 is 29.6 Å². The molecule has 3 aromatic heterocycles. The molecule has 9 heteroatoms. The maximum Gasteiger partial charge on any atom is 0.437 e. The molecule has 0 aliphatic carbocycles. The summed E-state index contributed by atoms with van der Waals surface area (Å²) >= 11 is 0. The number of pyridine rings is 1. The number of nitrogens with zero attached hydrogens (tertiary/aromatic N) is 3. The molecular formula is C22H17F2N3O4. The van der Waals surface area contributed by atoms with Crippen LogP contribution in [0.3, 0.4) is 0 Å². The molecular weight excluding hydrogens is 408 g/mol. The van der Waals surface area contributed by atoms with Gasteiger partial charge in [0.2, 0.25) is 5.78 Å². The lowest BCUT2D eigenvalue weighted by atomic mass is 10.1. The summed E-state index contributed by atoms with van der Waals surface area (Å²) in [5, 5.41) is 4.01. The van der Waals surface area contributed by atoms with Gasteiger partial charge in [0.15, 0.2) is 5.76 Å². The molecule has 31 heavy (non-hydrogen) atoms. The summed E-state index contributed by atoms with van der Waals surface area (Å²) in [6.07, 6.45) is 1.64. The van der Waals surface area contributed by atoms with Gasteiger partial charge in [0.25, 0.3) is 5.89 Å². The van der Waals surface area contributed by atoms with E-state index >= 15 is 0 Å². The van der Waals surface area contributed by atoms with Gasteiger partial charge in [-0.3, -0.25) is 9.78 Å². The highest BCUT2D eigenvalue weighted by atomic mass is 19.1. The van der Waals surface area contributed by atoms with Crippen LogP contribution in [-0.4, -0.2) is 20.5 Å². The number of rotatable bonds is 6. The molecule has 0 bridgehead atoms. The zero-order chi connectivity index (χ0) is 22.1. The third kappa shape index (κ3) is 3.94. The molecule has 0 fully saturated rings. The van der Waals surface area contributed by atoms with Crippen LogP contribution < -0.4 is 5.76 Å². The maximum absolute atomic E-state index is 13.9. The van der Waals surface area contributed by atoms with Crippen LogP contribution in [0, 0.1) is 11.6 Å². The molecule has 0 unspecified atom stereocenters. The molecule has 0 radical (unpaired) electrons. The van der Waals surface area contributed by atoms with E-state index in [2.05, 4.69) is 10.1 Å². The minimum atomic E-state index is -0.790. The Bertz CT molecular complexity index is 1320. The highest BCUT2D eigenvalue weighted by molar-refractivity contribution is 5.95. The number of Topliss-reactive ketones (excluding diaryl/α,β-unsaturated/α-hetero) is 1. The monoisotopic (exact) mass is 425 g/mol. The summed E-state index contributed by atoms with van der Waals surface area (Å²) in [7, 11) is 1.47. The highest BCUT2D eigenvalue weighted by Crippen LogP contribution is 2.29. The third-order valence-electron chi connectivity index (χ3n) is 4.79. The fourth-order valence-corrected chi connectivity index (χ4v) is 3.15. The summed E-state index contributed by atoms with van der Waals surface area (Å²) in [6, 6.07) is 8.16. The zero-order valence-corrected chi connectivity index (χ0v) is 16.7. The zero-order valence-electron chi connectivity index (χ0n) is 16.7. The maximum atomic E-state index is 13.9. The number of furan rings is 1. The Kier molecular flexibility index (Phi) is 5.33. The minimum absolute atomic E-state index is 0.0329. The van der Waals surface area contributed by atoms with Crippen molar-refractivity contribution in [2.75, 3.05) is 0 Å². The van der Waals surface area contributed by atoms with E-state index in [1.807, 2.05) is 6.92 Å². The van der Waals surface area contributed by atoms with Gasteiger partial charge in [0.05, 0.1) is 11.3 Å². The Labute approximate surface area is 175 Å². The molecule has 0 saturated heterocycles. The minimum Gasteiger partial charge on any atom is -0.453 e. The van der Waals surface area contributed by atoms with Crippen molar-refractivity contribution >= 4 is 5.78 Å². The Morgan fingerprint density at radius 2 is 1.87 bits per heavy atom. The van der Waals surface area contributed by atoms with Crippen LogP contribution in [0.2, 0.25) is 0 Å². The predicted octanol–water partition coefficient (Wildman–Crippen LogP) is 3.96. The molecule has 158 valence electrons. The Morgan fingerprint density at radius 3 is 2.52 bits per heavy atom. The van der Waals surface area contributed by atoms with Gasteiger partial charge < -0.3 is 8.83 Å². The summed E-state index contributed by atoms with van der Waals surface area (Å²) in [4.78, 5) is 28.5. The number of ketones is 1. The summed E-state index contributed by atoms with van der Waals surface area (Å²) in [5.41, 5.74) is 1.43. The fourth-order valence-electron chi connectivity index (χ4n) is 3.15. The van der Waals surface area contributed by atoms with Crippen molar-refractivity contribution in [2.45, 2.75) is 19.8 Å². The lowest BCUT2D eigenvalue weighted by Gasteiger charge is -2.06. The SMILES string of the molecule is CCc1ncc(-c2nn(C)c(=O)o2)cc1-c1ccc(C(=O)Cc2c(F)cccc2F)o1. The summed E-state index contributed by atoms with van der Waals surface area (Å²) in [5.74, 6) is -2.34. The van der Waals surface area contributed by atoms with Gasteiger partial charge in [-0.1, -0.05) is 13.0 Å². The molecule has 4 rings (SSSR count). The number of carbonyl (C=O) groups is 1. The molecule has 7 nitrogen and oxygen atoms in total. The van der Waals surface area contributed by atoms with Crippen LogP contribution in [-0.2, 0) is 19.9 Å². The average molecular weight is 425 g/mol. The van der Waals surface area contributed by atoms with Crippen LogP contribution in [0.25, 0.3) is 22.8 Å². The topological polar surface area (TPSA) is 91.1 Å². The van der Waals surface area contributed by atoms with Crippen molar-refractivity contribution in [3.05, 3.63) is 81.8 Å². The van der Waals surface area contributed by atoms with Crippen molar-refractivity contribution in [2.24, 2.45) is 7.05 Å². The number of aryl methyl sites for hydroxylation is 2. The smallest absolute Gasteiger partial charge is 0.437 e. The van der Waals surface area contributed by atoms with Crippen LogP contribution in [0.4, 0.5) is 8.78 Å². The quantitative estimate of drug-likeness (QED) is 0.434. The van der Waals surface area contributed by atoms with Crippen molar-refractivity contribution in [1.29, 1.82) is 0 Å². The molecule has 0 N–H and O–H groups in total. The molecule has 1 aromatic carbocycles. The van der Waals surface area contributed by atoms with E-state index in [9.17, 15) is 18.4 Å². The second-order valence-corrected chi connectivity index (χ2v) is 6.83. The van der Waals surface area contributed by atoms with E-state index in [4.69, 9.17) is 8.83 Å². The molecule has 0 aliphatic heterocycles. The average Bonchev–Trinajstić information content (AvgIpc) is 3.37. The van der Waals surface area contributed by atoms with Gasteiger partial charge >= 0.3 is 5.76 Å². The largest absolute Gasteiger partial charge is 0.453 e. The van der Waals surface area contributed by atoms with E-state index in [0.29, 0.717) is 29.0 Å². The number of carbonyl (C=O) groups excluding carboxylic acids is 1. The van der Waals surface area contributed by atoms with Crippen molar-refractivity contribution in [1.82, 2.24) is 14.8 Å². The first-order valence-corrected chi connectivity index (χ1v) is 9.47. The van der Waals surface area contributed by atoms with Gasteiger partial charge in [0, 0.05) is 30.8 Å². The van der Waals surface area contributed by atoms with Gasteiger partial charge in [-0.15, -0.1) is 5.10 Å². The van der Waals surface area contributed by atoms with Gasteiger partial charge in [-0.25, -0.2) is 13.6 Å². The van der Waals surface area contributed by atoms with E-state index in [0.717, 1.165) is 16.8 Å². The van der Waals surface area contributed by atoms with Crippen LogP contribution in [0.15, 0.2) is 56.2 Å². The lowest BCUT2D eigenvalue weighted by molar-refractivity contribution is 0.0964. The predicted molar refractivity (Wildman–Crippen MR) is 106 cm³/mol. The second kappa shape index (κ2) is 8.10. The van der Waals surface area contributed by atoms with Gasteiger partial charge in [0.1, 0.15) is 17.4 Å². The summed E-state index contributed by atoms with van der Waals surface area (Å²) < 4.78 is 39.6. The van der Waals surface area contributed by atoms with E-state index in [-0.39, 0.29) is 17.2 Å². The van der Waals surface area contributed by atoms with Gasteiger partial charge in [-0.05, 0) is 36.8 Å². The standard InChI is InChI=1S/C22H17F2N3O4/c1-3-17-14(9-12(11-25-17)21-26-27(2)22(29)31-21)19-7-8-20(30-19)18(28)10-13-15(23)5-4-6-16(13)24/h4-9,11H,3,10H2,1-2H3. The molecule has 0 atom stereocenters. The number of aromatic nitrogens is 3. The molecule has 0 spiro atoms. The van der Waals surface area contributed by atoms with Crippen LogP contribution in [0.5, 0.6) is 0 Å². The Morgan fingerprint density at radius 1 is 1.13 bits per heavy atom. The Hall–Kier alpha value is -3.88. The first-order chi connectivity index (χ1) is 14.9. The number of halogens is 2. The van der Waals surface area contributed by atoms with Crippen LogP contribution >= 0.6 is 0 Å². The number of hydrogen-bond donors (Lipinski definition) is 0. The molecule has 0 saturated carbocycles. The van der Waals surface area contributed by atoms with E-state index in [1.54, 1.807) is 12.1 Å². The summed E-state index contributed by atoms with van der Waals surface area (Å²) in [6.45, 7) is 1.91. The number of hydrogen-bond acceptors (Lipinski definition) is 6. The van der Waals surface area contributed by atoms with Crippen molar-refractivity contribution in [3.63, 3.8) is 0 Å². The van der Waals surface area contributed by atoms with Crippen LogP contribution in [0.1, 0.15) is 28.7 Å². The fraction of sp³-hybridized carbons (Fsp3) is 0.182.